The Morgan fingerprint density at radius 1 is 1.29 bits per heavy atom. The van der Waals surface area contributed by atoms with E-state index in [0.717, 1.165) is 24.3 Å². The van der Waals surface area contributed by atoms with Gasteiger partial charge in [0.05, 0.1) is 31.7 Å². The number of hydrogen-bond donors (Lipinski definition) is 1. The summed E-state index contributed by atoms with van der Waals surface area (Å²) in [5.74, 6) is -0.954. The summed E-state index contributed by atoms with van der Waals surface area (Å²) in [4.78, 5) is 31.9. The van der Waals surface area contributed by atoms with Gasteiger partial charge < -0.3 is 18.9 Å². The second kappa shape index (κ2) is 11.5. The van der Waals surface area contributed by atoms with Crippen molar-refractivity contribution >= 4 is 56.1 Å². The van der Waals surface area contributed by atoms with Crippen LogP contribution in [0.2, 0.25) is 0 Å². The van der Waals surface area contributed by atoms with E-state index < -0.39 is 27.6 Å². The summed E-state index contributed by atoms with van der Waals surface area (Å²) in [5, 5.41) is 3.80. The van der Waals surface area contributed by atoms with Crippen LogP contribution in [-0.2, 0) is 36.0 Å². The van der Waals surface area contributed by atoms with Gasteiger partial charge in [-0.1, -0.05) is 0 Å². The van der Waals surface area contributed by atoms with Crippen LogP contribution >= 0.6 is 27.3 Å². The van der Waals surface area contributed by atoms with E-state index in [0.29, 0.717) is 23.5 Å². The quantitative estimate of drug-likeness (QED) is 0.211. The van der Waals surface area contributed by atoms with Crippen LogP contribution in [-0.4, -0.2) is 59.4 Å². The van der Waals surface area contributed by atoms with Crippen molar-refractivity contribution in [2.45, 2.75) is 43.9 Å². The summed E-state index contributed by atoms with van der Waals surface area (Å²) >= 11 is 3.54. The van der Waals surface area contributed by atoms with Gasteiger partial charge in [-0.15, -0.1) is 4.72 Å². The molecular weight excluding hydrogens is 542 g/mol. The van der Waals surface area contributed by atoms with E-state index in [2.05, 4.69) is 25.6 Å². The van der Waals surface area contributed by atoms with Crippen LogP contribution < -0.4 is 9.62 Å². The first-order valence-corrected chi connectivity index (χ1v) is 13.8. The van der Waals surface area contributed by atoms with Crippen LogP contribution in [0.4, 0.5) is 5.69 Å². The molecule has 1 saturated heterocycles. The van der Waals surface area contributed by atoms with Crippen LogP contribution in [0.25, 0.3) is 0 Å². The molecule has 8 nitrogen and oxygen atoms in total. The van der Waals surface area contributed by atoms with Crippen molar-refractivity contribution in [3.05, 3.63) is 44.8 Å². The second-order valence-corrected chi connectivity index (χ2v) is 12.5. The molecule has 0 radical (unpaired) electrons. The Morgan fingerprint density at radius 2 is 2.00 bits per heavy atom. The summed E-state index contributed by atoms with van der Waals surface area (Å²) < 4.78 is 26.7. The number of Topliss-reactive ketones (excluding diaryl/α,β-unsaturated/α-hetero) is 1. The predicted molar refractivity (Wildman–Crippen MR) is 137 cm³/mol. The number of nitrogens with zero attached hydrogens (tertiary/aromatic N) is 2. The van der Waals surface area contributed by atoms with Gasteiger partial charge >= 0.3 is 5.97 Å². The number of hydrogen-bond acceptors (Lipinski definition) is 9. The molecule has 0 spiro atoms. The molecule has 0 bridgehead atoms. The van der Waals surface area contributed by atoms with E-state index in [1.807, 2.05) is 49.7 Å². The maximum atomic E-state index is 13.3. The average Bonchev–Trinajstić information content (AvgIpc) is 3.33. The topological polar surface area (TPSA) is 104 Å². The van der Waals surface area contributed by atoms with Gasteiger partial charge in [0.2, 0.25) is 0 Å². The highest BCUT2D eigenvalue weighted by Crippen LogP contribution is 2.38. The number of morpholine rings is 1. The van der Waals surface area contributed by atoms with Gasteiger partial charge in [0, 0.05) is 30.9 Å². The highest BCUT2D eigenvalue weighted by atomic mass is 79.9. The highest BCUT2D eigenvalue weighted by molar-refractivity contribution is 9.10. The number of thiophene rings is 1. The van der Waals surface area contributed by atoms with Crippen molar-refractivity contribution < 1.29 is 23.6 Å². The summed E-state index contributed by atoms with van der Waals surface area (Å²) in [5.41, 5.74) is 1.01. The first-order chi connectivity index (χ1) is 16.1. The molecule has 1 N–H and O–H groups in total. The van der Waals surface area contributed by atoms with Crippen LogP contribution in [0.15, 0.2) is 33.6 Å². The molecule has 1 aliphatic heterocycles. The lowest BCUT2D eigenvalue weighted by Crippen LogP contribution is -2.53. The fraction of sp³-hybridized carbons (Fsp3) is 0.522. The van der Waals surface area contributed by atoms with Gasteiger partial charge in [0.1, 0.15) is 27.1 Å². The maximum absolute atomic E-state index is 13.3. The molecule has 3 rings (SSSR count). The molecule has 2 atom stereocenters. The van der Waals surface area contributed by atoms with Crippen molar-refractivity contribution in [2.24, 2.45) is 0 Å². The van der Waals surface area contributed by atoms with Gasteiger partial charge in [-0.25, -0.2) is 4.98 Å². The van der Waals surface area contributed by atoms with Crippen molar-refractivity contribution in [3.63, 3.8) is 0 Å². The number of ether oxygens (including phenoxy) is 2. The molecule has 2 aromatic heterocycles. The molecule has 3 heterocycles. The number of pyridine rings is 1. The Kier molecular flexibility index (Phi) is 9.16. The number of esters is 1. The van der Waals surface area contributed by atoms with Crippen molar-refractivity contribution in [3.8, 4) is 0 Å². The highest BCUT2D eigenvalue weighted by Gasteiger charge is 2.45. The predicted octanol–water partition coefficient (Wildman–Crippen LogP) is 3.56. The number of anilines is 1. The lowest BCUT2D eigenvalue weighted by atomic mass is 9.83. The first-order valence-electron chi connectivity index (χ1n) is 10.9. The zero-order valence-corrected chi connectivity index (χ0v) is 23.0. The minimum absolute atomic E-state index is 0.114. The summed E-state index contributed by atoms with van der Waals surface area (Å²) in [6, 6.07) is 5.69. The molecule has 2 unspecified atom stereocenters. The summed E-state index contributed by atoms with van der Waals surface area (Å²) in [6.45, 7) is 8.35. The largest absolute Gasteiger partial charge is 0.598 e. The lowest BCUT2D eigenvalue weighted by Gasteiger charge is -2.37. The van der Waals surface area contributed by atoms with Crippen LogP contribution in [0.5, 0.6) is 0 Å². The SMILES string of the molecule is COC(=O)CC(=O)CC(N[S+]([O-])C(C)(C)C)(c1ccsc1)c1ccc(N2CCOCC2)c(Br)n1. The lowest BCUT2D eigenvalue weighted by molar-refractivity contribution is -0.143. The molecule has 0 aliphatic carbocycles. The molecule has 11 heteroatoms. The maximum Gasteiger partial charge on any atom is 0.313 e. The average molecular weight is 573 g/mol. The molecule has 1 fully saturated rings. The molecular formula is C23H30BrN3O5S2. The number of ketones is 1. The van der Waals surface area contributed by atoms with Crippen LogP contribution in [0, 0.1) is 0 Å². The number of methoxy groups -OCH3 is 1. The monoisotopic (exact) mass is 571 g/mol. The second-order valence-electron chi connectivity index (χ2n) is 8.97. The van der Waals surface area contributed by atoms with E-state index in [9.17, 15) is 14.1 Å². The normalized spacial score (nSPS) is 17.2. The van der Waals surface area contributed by atoms with Crippen molar-refractivity contribution in [1.82, 2.24) is 9.71 Å². The third kappa shape index (κ3) is 6.38. The Balaban J connectivity index is 2.09. The summed E-state index contributed by atoms with van der Waals surface area (Å²) in [7, 11) is 1.25. The smallest absolute Gasteiger partial charge is 0.313 e. The summed E-state index contributed by atoms with van der Waals surface area (Å²) in [6.07, 6.45) is -0.490. The van der Waals surface area contributed by atoms with Crippen LogP contribution in [0.1, 0.15) is 44.9 Å². The molecule has 0 saturated carbocycles. The Bertz CT molecular complexity index is 993. The first kappa shape index (κ1) is 27.1. The van der Waals surface area contributed by atoms with E-state index in [1.165, 1.54) is 18.4 Å². The fourth-order valence-electron chi connectivity index (χ4n) is 3.60. The van der Waals surface area contributed by atoms with Gasteiger partial charge in [-0.05, 0) is 71.2 Å². The number of nitrogens with one attached hydrogen (secondary N) is 1. The molecule has 1 aliphatic rings. The van der Waals surface area contributed by atoms with Gasteiger partial charge in [-0.3, -0.25) is 9.59 Å². The van der Waals surface area contributed by atoms with Crippen LogP contribution in [0.3, 0.4) is 0 Å². The zero-order valence-electron chi connectivity index (χ0n) is 19.8. The van der Waals surface area contributed by atoms with Gasteiger partial charge in [0.15, 0.2) is 0 Å². The van der Waals surface area contributed by atoms with E-state index in [1.54, 1.807) is 0 Å². The minimum Gasteiger partial charge on any atom is -0.598 e. The minimum atomic E-state index is -1.54. The third-order valence-corrected chi connectivity index (χ3v) is 8.40. The number of aromatic nitrogens is 1. The molecule has 0 aromatic carbocycles. The number of carbonyl (C=O) groups excluding carboxylic acids is 2. The van der Waals surface area contributed by atoms with E-state index in [-0.39, 0.29) is 18.6 Å². The number of rotatable bonds is 9. The molecule has 2 aromatic rings. The van der Waals surface area contributed by atoms with E-state index >= 15 is 0 Å². The molecule has 186 valence electrons. The molecule has 0 amide bonds. The number of halogens is 1. The van der Waals surface area contributed by atoms with E-state index in [4.69, 9.17) is 14.5 Å². The number of carbonyl (C=O) groups is 2. The van der Waals surface area contributed by atoms with Crippen molar-refractivity contribution in [1.29, 1.82) is 0 Å². The zero-order chi connectivity index (χ0) is 24.9. The third-order valence-electron chi connectivity index (χ3n) is 5.49. The Morgan fingerprint density at radius 3 is 2.56 bits per heavy atom. The molecule has 34 heavy (non-hydrogen) atoms. The van der Waals surface area contributed by atoms with Gasteiger partial charge in [0.25, 0.3) is 0 Å². The fourth-order valence-corrected chi connectivity index (χ4v) is 5.82. The Hall–Kier alpha value is -1.50. The van der Waals surface area contributed by atoms with Crippen molar-refractivity contribution in [2.75, 3.05) is 38.3 Å². The Labute approximate surface area is 215 Å². The van der Waals surface area contributed by atoms with Gasteiger partial charge in [-0.2, -0.15) is 11.3 Å². The standard InChI is InChI=1S/C23H30BrN3O5S2/c1-22(2,3)34(30)26-23(16-7-12-33-15-16,14-17(28)13-20(29)31-4)19-6-5-18(21(24)25-19)27-8-10-32-11-9-27/h5-7,12,15,26H,8-11,13-14H2,1-4H3.